The van der Waals surface area contributed by atoms with E-state index >= 15 is 0 Å². The average molecular weight is 337 g/mol. The molecule has 1 aromatic carbocycles. The summed E-state index contributed by atoms with van der Waals surface area (Å²) in [5.41, 5.74) is 3.00. The van der Waals surface area contributed by atoms with E-state index in [1.807, 2.05) is 25.3 Å². The van der Waals surface area contributed by atoms with Crippen LogP contribution in [0.2, 0.25) is 0 Å². The lowest BCUT2D eigenvalue weighted by Gasteiger charge is -2.20. The van der Waals surface area contributed by atoms with Crippen molar-refractivity contribution in [3.8, 4) is 0 Å². The Morgan fingerprint density at radius 2 is 2.15 bits per heavy atom. The molecule has 0 amide bonds. The Bertz CT molecular complexity index is 586. The van der Waals surface area contributed by atoms with Gasteiger partial charge in [-0.15, -0.1) is 0 Å². The summed E-state index contributed by atoms with van der Waals surface area (Å²) >= 11 is 3.40. The highest BCUT2D eigenvalue weighted by Gasteiger charge is 2.15. The summed E-state index contributed by atoms with van der Waals surface area (Å²) in [4.78, 5) is 4.12. The molecule has 0 aliphatic rings. The minimum atomic E-state index is -0.164. The van der Waals surface area contributed by atoms with Gasteiger partial charge >= 0.3 is 0 Å². The van der Waals surface area contributed by atoms with Crippen LogP contribution >= 0.6 is 15.9 Å². The molecule has 4 heteroatoms. The first-order chi connectivity index (χ1) is 9.61. The number of pyridine rings is 1. The fraction of sp³-hybridized carbons (Fsp3) is 0.312. The van der Waals surface area contributed by atoms with Gasteiger partial charge in [0.2, 0.25) is 0 Å². The molecule has 20 heavy (non-hydrogen) atoms. The van der Waals surface area contributed by atoms with Gasteiger partial charge in [-0.25, -0.2) is 4.39 Å². The monoisotopic (exact) mass is 336 g/mol. The molecule has 106 valence electrons. The number of halogens is 2. The summed E-state index contributed by atoms with van der Waals surface area (Å²) in [7, 11) is 0. The molecule has 0 spiro atoms. The number of aryl methyl sites for hydroxylation is 1. The Kier molecular flexibility index (Phi) is 5.26. The van der Waals surface area contributed by atoms with E-state index in [-0.39, 0.29) is 11.9 Å². The van der Waals surface area contributed by atoms with Gasteiger partial charge in [-0.2, -0.15) is 0 Å². The maximum Gasteiger partial charge on any atom is 0.126 e. The van der Waals surface area contributed by atoms with E-state index in [0.717, 1.165) is 16.6 Å². The van der Waals surface area contributed by atoms with E-state index in [9.17, 15) is 4.39 Å². The second kappa shape index (κ2) is 6.95. The first-order valence-electron chi connectivity index (χ1n) is 6.69. The first-order valence-corrected chi connectivity index (χ1v) is 7.49. The molecule has 0 saturated carbocycles. The van der Waals surface area contributed by atoms with Crippen molar-refractivity contribution in [2.45, 2.75) is 26.3 Å². The van der Waals surface area contributed by atoms with E-state index < -0.39 is 0 Å². The first kappa shape index (κ1) is 15.1. The average Bonchev–Trinajstić information content (AvgIpc) is 2.43. The van der Waals surface area contributed by atoms with E-state index in [0.29, 0.717) is 12.0 Å². The van der Waals surface area contributed by atoms with Crippen molar-refractivity contribution < 1.29 is 4.39 Å². The second-order valence-corrected chi connectivity index (χ2v) is 5.70. The maximum absolute atomic E-state index is 13.9. The van der Waals surface area contributed by atoms with Gasteiger partial charge < -0.3 is 5.32 Å². The molecule has 1 aromatic heterocycles. The van der Waals surface area contributed by atoms with Crippen LogP contribution in [0.25, 0.3) is 0 Å². The number of nitrogens with one attached hydrogen (secondary N) is 1. The lowest BCUT2D eigenvalue weighted by Crippen LogP contribution is -2.24. The summed E-state index contributed by atoms with van der Waals surface area (Å²) in [6.45, 7) is 4.92. The zero-order valence-electron chi connectivity index (χ0n) is 11.7. The molecule has 0 saturated heterocycles. The van der Waals surface area contributed by atoms with Gasteiger partial charge in [-0.1, -0.05) is 22.9 Å². The Labute approximate surface area is 127 Å². The molecule has 0 fully saturated rings. The predicted octanol–water partition coefficient (Wildman–Crippen LogP) is 4.18. The number of hydrogen-bond donors (Lipinski definition) is 1. The van der Waals surface area contributed by atoms with Crippen LogP contribution in [0.3, 0.4) is 0 Å². The quantitative estimate of drug-likeness (QED) is 0.885. The minimum Gasteiger partial charge on any atom is -0.310 e. The van der Waals surface area contributed by atoms with E-state index in [1.54, 1.807) is 12.3 Å². The molecule has 1 heterocycles. The van der Waals surface area contributed by atoms with Gasteiger partial charge in [0.05, 0.1) is 0 Å². The Morgan fingerprint density at radius 3 is 2.85 bits per heavy atom. The smallest absolute Gasteiger partial charge is 0.126 e. The summed E-state index contributed by atoms with van der Waals surface area (Å²) in [6.07, 6.45) is 4.24. The van der Waals surface area contributed by atoms with Crippen molar-refractivity contribution in [2.24, 2.45) is 0 Å². The number of likely N-dealkylation sites (N-methyl/N-ethyl adjacent to an activating group) is 1. The molecule has 0 bridgehead atoms. The lowest BCUT2D eigenvalue weighted by molar-refractivity contribution is 0.525. The molecule has 1 N–H and O–H groups in total. The second-order valence-electron chi connectivity index (χ2n) is 4.78. The Morgan fingerprint density at radius 1 is 1.35 bits per heavy atom. The Balaban J connectivity index is 2.30. The van der Waals surface area contributed by atoms with Gasteiger partial charge in [0.1, 0.15) is 5.82 Å². The molecule has 1 atom stereocenters. The van der Waals surface area contributed by atoms with Crippen molar-refractivity contribution in [1.29, 1.82) is 0 Å². The third kappa shape index (κ3) is 3.64. The van der Waals surface area contributed by atoms with Gasteiger partial charge in [-0.05, 0) is 60.8 Å². The fourth-order valence-electron chi connectivity index (χ4n) is 2.33. The van der Waals surface area contributed by atoms with Gasteiger partial charge in [0.15, 0.2) is 0 Å². The van der Waals surface area contributed by atoms with Crippen molar-refractivity contribution in [1.82, 2.24) is 10.3 Å². The zero-order valence-corrected chi connectivity index (χ0v) is 13.2. The number of aromatic nitrogens is 1. The predicted molar refractivity (Wildman–Crippen MR) is 83.2 cm³/mol. The van der Waals surface area contributed by atoms with Crippen LogP contribution in [0.5, 0.6) is 0 Å². The molecule has 2 nitrogen and oxygen atoms in total. The van der Waals surface area contributed by atoms with Gasteiger partial charge in [-0.3, -0.25) is 4.98 Å². The van der Waals surface area contributed by atoms with Crippen LogP contribution in [-0.2, 0) is 6.42 Å². The van der Waals surface area contributed by atoms with E-state index in [2.05, 4.69) is 33.2 Å². The summed E-state index contributed by atoms with van der Waals surface area (Å²) < 4.78 is 14.8. The zero-order chi connectivity index (χ0) is 14.5. The van der Waals surface area contributed by atoms with E-state index in [1.165, 1.54) is 11.6 Å². The maximum atomic E-state index is 13.9. The van der Waals surface area contributed by atoms with Crippen LogP contribution in [0.1, 0.15) is 29.7 Å². The van der Waals surface area contributed by atoms with Crippen LogP contribution in [0, 0.1) is 12.7 Å². The molecular formula is C16H18BrFN2. The molecular weight excluding hydrogens is 319 g/mol. The van der Waals surface area contributed by atoms with Crippen LogP contribution in [0.4, 0.5) is 4.39 Å². The number of hydrogen-bond acceptors (Lipinski definition) is 2. The van der Waals surface area contributed by atoms with Crippen molar-refractivity contribution in [3.05, 3.63) is 63.6 Å². The number of benzene rings is 1. The normalized spacial score (nSPS) is 12.4. The molecule has 2 aromatic rings. The number of nitrogens with zero attached hydrogens (tertiary/aromatic N) is 1. The van der Waals surface area contributed by atoms with Crippen LogP contribution in [0.15, 0.2) is 41.1 Å². The third-order valence-electron chi connectivity index (χ3n) is 3.32. The minimum absolute atomic E-state index is 0.0896. The molecule has 1 unspecified atom stereocenters. The highest BCUT2D eigenvalue weighted by molar-refractivity contribution is 9.10. The highest BCUT2D eigenvalue weighted by Crippen LogP contribution is 2.24. The highest BCUT2D eigenvalue weighted by atomic mass is 79.9. The standard InChI is InChI=1S/C16H18BrFN2/c1-3-20-16(14-6-7-19-10-11(14)2)9-12-8-13(17)4-5-15(12)18/h4-8,10,16,20H,3,9H2,1-2H3. The summed E-state index contributed by atoms with van der Waals surface area (Å²) in [5, 5.41) is 3.43. The number of rotatable bonds is 5. The van der Waals surface area contributed by atoms with E-state index in [4.69, 9.17) is 0 Å². The topological polar surface area (TPSA) is 24.9 Å². The van der Waals surface area contributed by atoms with Crippen LogP contribution in [-0.4, -0.2) is 11.5 Å². The van der Waals surface area contributed by atoms with Crippen molar-refractivity contribution >= 4 is 15.9 Å². The SMILES string of the molecule is CCNC(Cc1cc(Br)ccc1F)c1ccncc1C. The summed E-state index contributed by atoms with van der Waals surface area (Å²) in [5.74, 6) is -0.164. The molecule has 2 rings (SSSR count). The van der Waals surface area contributed by atoms with Gasteiger partial charge in [0.25, 0.3) is 0 Å². The van der Waals surface area contributed by atoms with Crippen molar-refractivity contribution in [3.63, 3.8) is 0 Å². The summed E-state index contributed by atoms with van der Waals surface area (Å²) in [6, 6.07) is 7.15. The van der Waals surface area contributed by atoms with Gasteiger partial charge in [0, 0.05) is 22.9 Å². The fourth-order valence-corrected chi connectivity index (χ4v) is 2.74. The van der Waals surface area contributed by atoms with Crippen LogP contribution < -0.4 is 5.32 Å². The molecule has 0 aliphatic heterocycles. The largest absolute Gasteiger partial charge is 0.310 e. The Hall–Kier alpha value is -1.26. The molecule has 0 aliphatic carbocycles. The lowest BCUT2D eigenvalue weighted by atomic mass is 9.96. The van der Waals surface area contributed by atoms with Crippen molar-refractivity contribution in [2.75, 3.05) is 6.54 Å². The third-order valence-corrected chi connectivity index (χ3v) is 3.81. The molecule has 0 radical (unpaired) electrons.